The lowest BCUT2D eigenvalue weighted by atomic mass is 10.0. The lowest BCUT2D eigenvalue weighted by molar-refractivity contribution is -0.0500. The third-order valence-corrected chi connectivity index (χ3v) is 4.35. The van der Waals surface area contributed by atoms with E-state index in [-0.39, 0.29) is 5.58 Å². The highest BCUT2D eigenvalue weighted by atomic mass is 32.2. The molecule has 0 fully saturated rings. The van der Waals surface area contributed by atoms with E-state index in [1.165, 1.54) is 18.2 Å². The van der Waals surface area contributed by atoms with Crippen molar-refractivity contribution < 1.29 is 30.2 Å². The standard InChI is InChI=1S/C15H9F3O5S/c1-8-4-14(19)22-13-7-10-5-11(3-2-9(10)6-12(8)13)23-24(20,21)15(16,17)18/h2-7H,1H3. The van der Waals surface area contributed by atoms with Gasteiger partial charge in [0.1, 0.15) is 11.3 Å². The van der Waals surface area contributed by atoms with E-state index in [0.29, 0.717) is 21.7 Å². The molecule has 126 valence electrons. The maximum absolute atomic E-state index is 12.4. The van der Waals surface area contributed by atoms with Crippen LogP contribution in [0.1, 0.15) is 5.56 Å². The molecule has 0 spiro atoms. The number of hydrogen-bond donors (Lipinski definition) is 0. The van der Waals surface area contributed by atoms with Crippen molar-refractivity contribution in [2.45, 2.75) is 12.4 Å². The van der Waals surface area contributed by atoms with Gasteiger partial charge in [-0.1, -0.05) is 6.07 Å². The summed E-state index contributed by atoms with van der Waals surface area (Å²) in [6.45, 7) is 1.72. The van der Waals surface area contributed by atoms with Gasteiger partial charge in [0.15, 0.2) is 0 Å². The Morgan fingerprint density at radius 2 is 1.75 bits per heavy atom. The van der Waals surface area contributed by atoms with Crippen LogP contribution < -0.4 is 9.81 Å². The lowest BCUT2D eigenvalue weighted by Crippen LogP contribution is -2.28. The zero-order valence-corrected chi connectivity index (χ0v) is 12.9. The van der Waals surface area contributed by atoms with Gasteiger partial charge in [0, 0.05) is 11.5 Å². The van der Waals surface area contributed by atoms with Crippen LogP contribution in [0.4, 0.5) is 13.2 Å². The zero-order chi connectivity index (χ0) is 17.7. The Bertz CT molecular complexity index is 1110. The Hall–Kier alpha value is -2.55. The maximum Gasteiger partial charge on any atom is 0.534 e. The highest BCUT2D eigenvalue weighted by Crippen LogP contribution is 2.30. The summed E-state index contributed by atoms with van der Waals surface area (Å²) in [7, 11) is -5.75. The van der Waals surface area contributed by atoms with Crippen LogP contribution in [0, 0.1) is 6.92 Å². The number of halogens is 3. The number of rotatable bonds is 2. The topological polar surface area (TPSA) is 73.6 Å². The first-order valence-corrected chi connectivity index (χ1v) is 7.97. The number of aryl methyl sites for hydroxylation is 1. The molecule has 2 aromatic carbocycles. The smallest absolute Gasteiger partial charge is 0.423 e. The fourth-order valence-electron chi connectivity index (χ4n) is 2.27. The molecule has 0 amide bonds. The maximum atomic E-state index is 12.4. The summed E-state index contributed by atoms with van der Waals surface area (Å²) in [6.07, 6.45) is 0. The molecule has 0 saturated heterocycles. The molecule has 3 aromatic rings. The molecule has 0 aliphatic heterocycles. The Labute approximate surface area is 133 Å². The normalized spacial score (nSPS) is 12.7. The summed E-state index contributed by atoms with van der Waals surface area (Å²) >= 11 is 0. The molecule has 0 N–H and O–H groups in total. The molecule has 9 heteroatoms. The monoisotopic (exact) mass is 358 g/mol. The molecule has 1 aromatic heterocycles. The zero-order valence-electron chi connectivity index (χ0n) is 12.0. The second-order valence-corrected chi connectivity index (χ2v) is 6.63. The van der Waals surface area contributed by atoms with Crippen LogP contribution >= 0.6 is 0 Å². The molecule has 1 heterocycles. The van der Waals surface area contributed by atoms with Gasteiger partial charge in [-0.3, -0.25) is 0 Å². The predicted octanol–water partition coefficient (Wildman–Crippen LogP) is 3.48. The minimum absolute atomic E-state index is 0.239. The van der Waals surface area contributed by atoms with Gasteiger partial charge in [0.2, 0.25) is 0 Å². The van der Waals surface area contributed by atoms with Crippen molar-refractivity contribution in [1.82, 2.24) is 0 Å². The molecular weight excluding hydrogens is 349 g/mol. The Balaban J connectivity index is 2.15. The highest BCUT2D eigenvalue weighted by molar-refractivity contribution is 7.88. The molecule has 3 rings (SSSR count). The second-order valence-electron chi connectivity index (χ2n) is 5.09. The first-order valence-electron chi connectivity index (χ1n) is 6.56. The van der Waals surface area contributed by atoms with E-state index in [0.717, 1.165) is 12.1 Å². The fraction of sp³-hybridized carbons (Fsp3) is 0.133. The van der Waals surface area contributed by atoms with Crippen LogP contribution in [-0.2, 0) is 10.1 Å². The van der Waals surface area contributed by atoms with Gasteiger partial charge in [0.25, 0.3) is 0 Å². The van der Waals surface area contributed by atoms with Crippen molar-refractivity contribution >= 4 is 31.9 Å². The number of alkyl halides is 3. The Kier molecular flexibility index (Phi) is 3.56. The summed E-state index contributed by atoms with van der Waals surface area (Å²) in [5.74, 6) is -0.492. The fourth-order valence-corrected chi connectivity index (χ4v) is 2.72. The van der Waals surface area contributed by atoms with Crippen LogP contribution in [-0.4, -0.2) is 13.9 Å². The predicted molar refractivity (Wildman–Crippen MR) is 80.3 cm³/mol. The molecule has 0 unspecified atom stereocenters. The van der Waals surface area contributed by atoms with Crippen molar-refractivity contribution in [3.8, 4) is 5.75 Å². The summed E-state index contributed by atoms with van der Waals surface area (Å²) < 4.78 is 68.3. The number of hydrogen-bond acceptors (Lipinski definition) is 5. The van der Waals surface area contributed by atoms with Crippen LogP contribution in [0.5, 0.6) is 5.75 Å². The van der Waals surface area contributed by atoms with E-state index in [4.69, 9.17) is 4.42 Å². The van der Waals surface area contributed by atoms with E-state index >= 15 is 0 Å². The summed E-state index contributed by atoms with van der Waals surface area (Å²) in [5.41, 5.74) is -5.16. The largest absolute Gasteiger partial charge is 0.534 e. The highest BCUT2D eigenvalue weighted by Gasteiger charge is 2.48. The van der Waals surface area contributed by atoms with Crippen LogP contribution in [0.25, 0.3) is 21.7 Å². The molecule has 5 nitrogen and oxygen atoms in total. The summed E-state index contributed by atoms with van der Waals surface area (Å²) in [5, 5.41) is 1.65. The minimum atomic E-state index is -5.75. The van der Waals surface area contributed by atoms with Crippen LogP contribution in [0.3, 0.4) is 0 Å². The summed E-state index contributed by atoms with van der Waals surface area (Å²) in [4.78, 5) is 11.4. The van der Waals surface area contributed by atoms with Gasteiger partial charge in [-0.25, -0.2) is 4.79 Å². The van der Waals surface area contributed by atoms with Crippen molar-refractivity contribution in [1.29, 1.82) is 0 Å². The molecule has 0 atom stereocenters. The first-order chi connectivity index (χ1) is 11.1. The average molecular weight is 358 g/mol. The molecule has 0 aliphatic carbocycles. The Morgan fingerprint density at radius 3 is 2.42 bits per heavy atom. The molecule has 0 saturated carbocycles. The lowest BCUT2D eigenvalue weighted by Gasteiger charge is -2.10. The number of fused-ring (bicyclic) bond motifs is 2. The molecule has 0 aliphatic rings. The second kappa shape index (κ2) is 5.23. The van der Waals surface area contributed by atoms with Crippen molar-refractivity contribution in [3.63, 3.8) is 0 Å². The van der Waals surface area contributed by atoms with E-state index in [2.05, 4.69) is 4.18 Å². The van der Waals surface area contributed by atoms with Crippen molar-refractivity contribution in [2.24, 2.45) is 0 Å². The van der Waals surface area contributed by atoms with E-state index in [9.17, 15) is 26.4 Å². The van der Waals surface area contributed by atoms with Gasteiger partial charge in [-0.2, -0.15) is 21.6 Å². The average Bonchev–Trinajstić information content (AvgIpc) is 2.43. The molecule has 0 bridgehead atoms. The van der Waals surface area contributed by atoms with E-state index < -0.39 is 27.0 Å². The Morgan fingerprint density at radius 1 is 1.04 bits per heavy atom. The molecule has 0 radical (unpaired) electrons. The third-order valence-electron chi connectivity index (χ3n) is 3.37. The van der Waals surface area contributed by atoms with Gasteiger partial charge in [-0.05, 0) is 47.5 Å². The van der Waals surface area contributed by atoms with Crippen LogP contribution in [0.15, 0.2) is 45.6 Å². The van der Waals surface area contributed by atoms with Crippen LogP contribution in [0.2, 0.25) is 0 Å². The third kappa shape index (κ3) is 2.82. The van der Waals surface area contributed by atoms with Gasteiger partial charge >= 0.3 is 21.3 Å². The molecular formula is C15H9F3O5S. The minimum Gasteiger partial charge on any atom is -0.423 e. The van der Waals surface area contributed by atoms with Crippen molar-refractivity contribution in [3.05, 3.63) is 52.4 Å². The van der Waals surface area contributed by atoms with Gasteiger partial charge < -0.3 is 8.60 Å². The van der Waals surface area contributed by atoms with E-state index in [1.807, 2.05) is 0 Å². The quantitative estimate of drug-likeness (QED) is 0.303. The van der Waals surface area contributed by atoms with Crippen molar-refractivity contribution in [2.75, 3.05) is 0 Å². The van der Waals surface area contributed by atoms with E-state index in [1.54, 1.807) is 13.0 Å². The van der Waals surface area contributed by atoms with Gasteiger partial charge in [0.05, 0.1) is 0 Å². The summed E-state index contributed by atoms with van der Waals surface area (Å²) in [6, 6.07) is 8.10. The number of benzene rings is 2. The molecule has 24 heavy (non-hydrogen) atoms. The van der Waals surface area contributed by atoms with Gasteiger partial charge in [-0.15, -0.1) is 0 Å². The first kappa shape index (κ1) is 16.3. The SMILES string of the molecule is Cc1cc(=O)oc2cc3cc(OS(=O)(=O)C(F)(F)F)ccc3cc12.